The molecule has 3 N–H and O–H groups in total. The molecule has 0 aliphatic heterocycles. The van der Waals surface area contributed by atoms with Crippen LogP contribution in [0.4, 0.5) is 0 Å². The summed E-state index contributed by atoms with van der Waals surface area (Å²) >= 11 is 0. The molecule has 0 aromatic carbocycles. The molecule has 84 valence electrons. The van der Waals surface area contributed by atoms with Crippen LogP contribution in [0.25, 0.3) is 0 Å². The zero-order valence-electron chi connectivity index (χ0n) is 8.87. The van der Waals surface area contributed by atoms with Crippen LogP contribution in [0.15, 0.2) is 0 Å². The van der Waals surface area contributed by atoms with Crippen LogP contribution in [-0.2, 0) is 9.59 Å². The van der Waals surface area contributed by atoms with Crippen molar-refractivity contribution >= 4 is 11.8 Å². The van der Waals surface area contributed by atoms with E-state index in [0.717, 1.165) is 11.8 Å². The molecule has 2 bridgehead atoms. The maximum atomic E-state index is 11.5. The monoisotopic (exact) mass is 210 g/mol. The predicted octanol–water partition coefficient (Wildman–Crippen LogP) is 0.414. The summed E-state index contributed by atoms with van der Waals surface area (Å²) in [6.07, 6.45) is 5.74. The Bertz CT molecular complexity index is 278. The smallest absolute Gasteiger partial charge is 0.236 e. The lowest BCUT2D eigenvalue weighted by molar-refractivity contribution is -0.125. The third-order valence-electron chi connectivity index (χ3n) is 3.79. The van der Waals surface area contributed by atoms with E-state index in [9.17, 15) is 9.59 Å². The molecule has 4 heteroatoms. The number of rotatable bonds is 4. The number of primary amides is 1. The number of hydrogen-bond donors (Lipinski definition) is 2. The van der Waals surface area contributed by atoms with Crippen molar-refractivity contribution in [2.45, 2.75) is 32.1 Å². The highest BCUT2D eigenvalue weighted by Gasteiger charge is 2.39. The van der Waals surface area contributed by atoms with E-state index in [1.54, 1.807) is 0 Å². The maximum Gasteiger partial charge on any atom is 0.236 e. The van der Waals surface area contributed by atoms with Gasteiger partial charge in [-0.25, -0.2) is 0 Å². The predicted molar refractivity (Wildman–Crippen MR) is 55.8 cm³/mol. The average Bonchev–Trinajstić information content (AvgIpc) is 2.76. The van der Waals surface area contributed by atoms with Gasteiger partial charge < -0.3 is 11.1 Å². The highest BCUT2D eigenvalue weighted by molar-refractivity contribution is 5.83. The van der Waals surface area contributed by atoms with E-state index in [4.69, 9.17) is 5.73 Å². The lowest BCUT2D eigenvalue weighted by atomic mass is 9.86. The van der Waals surface area contributed by atoms with Crippen LogP contribution in [0.1, 0.15) is 32.1 Å². The van der Waals surface area contributed by atoms with Gasteiger partial charge in [0.1, 0.15) is 0 Å². The van der Waals surface area contributed by atoms with E-state index in [0.29, 0.717) is 12.3 Å². The first-order valence-electron chi connectivity index (χ1n) is 5.70. The van der Waals surface area contributed by atoms with Crippen LogP contribution in [0, 0.1) is 17.8 Å². The van der Waals surface area contributed by atoms with Gasteiger partial charge in [-0.05, 0) is 37.0 Å². The summed E-state index contributed by atoms with van der Waals surface area (Å²) in [7, 11) is 0. The summed E-state index contributed by atoms with van der Waals surface area (Å²) in [6.45, 7) is -0.0281. The van der Waals surface area contributed by atoms with Crippen LogP contribution in [0.3, 0.4) is 0 Å². The van der Waals surface area contributed by atoms with E-state index >= 15 is 0 Å². The normalized spacial score (nSPS) is 32.9. The topological polar surface area (TPSA) is 72.2 Å². The minimum atomic E-state index is -0.476. The van der Waals surface area contributed by atoms with Crippen LogP contribution in [0.2, 0.25) is 0 Å². The largest absolute Gasteiger partial charge is 0.368 e. The SMILES string of the molecule is NC(=O)CNC(=O)C[C@H]1C[C@H]2CC[C@@H]1C2. The first-order valence-corrected chi connectivity index (χ1v) is 5.70. The Balaban J connectivity index is 1.73. The summed E-state index contributed by atoms with van der Waals surface area (Å²) in [4.78, 5) is 21.9. The number of amides is 2. The van der Waals surface area contributed by atoms with Crippen molar-refractivity contribution in [2.75, 3.05) is 6.54 Å². The highest BCUT2D eigenvalue weighted by atomic mass is 16.2. The van der Waals surface area contributed by atoms with Crippen LogP contribution in [-0.4, -0.2) is 18.4 Å². The number of carbonyl (C=O) groups is 2. The fourth-order valence-electron chi connectivity index (χ4n) is 3.12. The third-order valence-corrected chi connectivity index (χ3v) is 3.79. The van der Waals surface area contributed by atoms with Gasteiger partial charge in [-0.15, -0.1) is 0 Å². The van der Waals surface area contributed by atoms with E-state index in [2.05, 4.69) is 5.32 Å². The van der Waals surface area contributed by atoms with Crippen molar-refractivity contribution < 1.29 is 9.59 Å². The molecule has 2 aliphatic rings. The summed E-state index contributed by atoms with van der Waals surface area (Å²) in [5, 5.41) is 2.55. The molecular formula is C11H18N2O2. The van der Waals surface area contributed by atoms with Crippen LogP contribution in [0.5, 0.6) is 0 Å². The van der Waals surface area contributed by atoms with Gasteiger partial charge in [-0.3, -0.25) is 9.59 Å². The van der Waals surface area contributed by atoms with E-state index in [1.807, 2.05) is 0 Å². The lowest BCUT2D eigenvalue weighted by Crippen LogP contribution is -2.34. The van der Waals surface area contributed by atoms with Crippen molar-refractivity contribution in [1.82, 2.24) is 5.32 Å². The Hall–Kier alpha value is -1.06. The van der Waals surface area contributed by atoms with Gasteiger partial charge >= 0.3 is 0 Å². The van der Waals surface area contributed by atoms with Gasteiger partial charge in [0, 0.05) is 6.42 Å². The summed E-state index contributed by atoms with van der Waals surface area (Å²) in [5.74, 6) is 1.68. The van der Waals surface area contributed by atoms with Crippen LogP contribution >= 0.6 is 0 Å². The molecule has 0 aromatic rings. The lowest BCUT2D eigenvalue weighted by Gasteiger charge is -2.20. The average molecular weight is 210 g/mol. The van der Waals surface area contributed by atoms with Gasteiger partial charge in [0.15, 0.2) is 0 Å². The van der Waals surface area contributed by atoms with E-state index in [1.165, 1.54) is 25.7 Å². The fourth-order valence-corrected chi connectivity index (χ4v) is 3.12. The molecule has 2 aliphatic carbocycles. The highest BCUT2D eigenvalue weighted by Crippen LogP contribution is 2.49. The molecule has 0 aromatic heterocycles. The van der Waals surface area contributed by atoms with Crippen LogP contribution < -0.4 is 11.1 Å². The Morgan fingerprint density at radius 3 is 2.60 bits per heavy atom. The zero-order valence-corrected chi connectivity index (χ0v) is 8.87. The van der Waals surface area contributed by atoms with Crippen molar-refractivity contribution in [3.05, 3.63) is 0 Å². The Morgan fingerprint density at radius 2 is 2.07 bits per heavy atom. The van der Waals surface area contributed by atoms with E-state index in [-0.39, 0.29) is 12.5 Å². The van der Waals surface area contributed by atoms with Gasteiger partial charge in [0.25, 0.3) is 0 Å². The quantitative estimate of drug-likeness (QED) is 0.705. The Morgan fingerprint density at radius 1 is 1.27 bits per heavy atom. The first kappa shape index (κ1) is 10.5. The number of fused-ring (bicyclic) bond motifs is 2. The van der Waals surface area contributed by atoms with Gasteiger partial charge in [0.05, 0.1) is 6.54 Å². The van der Waals surface area contributed by atoms with Gasteiger partial charge in [0.2, 0.25) is 11.8 Å². The van der Waals surface area contributed by atoms with Crippen molar-refractivity contribution in [2.24, 2.45) is 23.5 Å². The second kappa shape index (κ2) is 4.21. The second-order valence-electron chi connectivity index (χ2n) is 4.88. The Labute approximate surface area is 89.6 Å². The molecule has 0 unspecified atom stereocenters. The summed E-state index contributed by atoms with van der Waals surface area (Å²) in [6, 6.07) is 0. The van der Waals surface area contributed by atoms with Crippen molar-refractivity contribution in [3.63, 3.8) is 0 Å². The number of nitrogens with one attached hydrogen (secondary N) is 1. The molecule has 0 spiro atoms. The van der Waals surface area contributed by atoms with Crippen molar-refractivity contribution in [1.29, 1.82) is 0 Å². The second-order valence-corrected chi connectivity index (χ2v) is 4.88. The summed E-state index contributed by atoms with van der Waals surface area (Å²) in [5.41, 5.74) is 4.96. The molecule has 15 heavy (non-hydrogen) atoms. The molecule has 0 saturated heterocycles. The number of carbonyl (C=O) groups excluding carboxylic acids is 2. The van der Waals surface area contributed by atoms with E-state index < -0.39 is 5.91 Å². The first-order chi connectivity index (χ1) is 7.15. The molecule has 0 radical (unpaired) electrons. The molecule has 3 atom stereocenters. The summed E-state index contributed by atoms with van der Waals surface area (Å²) < 4.78 is 0. The molecule has 4 nitrogen and oxygen atoms in total. The molecule has 0 heterocycles. The molecule has 2 amide bonds. The standard InChI is InChI=1S/C11H18N2O2/c12-10(14)6-13-11(15)5-9-4-7-1-2-8(9)3-7/h7-9H,1-6H2,(H2,12,14)(H,13,15)/t7-,8+,9+/m0/s1. The number of nitrogens with two attached hydrogens (primary N) is 1. The minimum absolute atomic E-state index is 0.0219. The maximum absolute atomic E-state index is 11.5. The number of hydrogen-bond acceptors (Lipinski definition) is 2. The molecular weight excluding hydrogens is 192 g/mol. The Kier molecular flexibility index (Phi) is 2.93. The third kappa shape index (κ3) is 2.49. The zero-order chi connectivity index (χ0) is 10.8. The van der Waals surface area contributed by atoms with Crippen molar-refractivity contribution in [3.8, 4) is 0 Å². The molecule has 2 fully saturated rings. The van der Waals surface area contributed by atoms with Gasteiger partial charge in [-0.1, -0.05) is 6.42 Å². The molecule has 2 saturated carbocycles. The van der Waals surface area contributed by atoms with Gasteiger partial charge in [-0.2, -0.15) is 0 Å². The fraction of sp³-hybridized carbons (Fsp3) is 0.818. The molecule has 2 rings (SSSR count). The minimum Gasteiger partial charge on any atom is -0.368 e.